The third-order valence-electron chi connectivity index (χ3n) is 3.60. The number of halogens is 1. The fourth-order valence-corrected chi connectivity index (χ4v) is 4.07. The zero-order chi connectivity index (χ0) is 19.3. The van der Waals surface area contributed by atoms with Gasteiger partial charge in [0.1, 0.15) is 5.82 Å². The summed E-state index contributed by atoms with van der Waals surface area (Å²) in [5.74, 6) is -0.781. The van der Waals surface area contributed by atoms with Crippen LogP contribution in [0.5, 0.6) is 0 Å². The molecule has 0 aliphatic rings. The third kappa shape index (κ3) is 4.97. The highest BCUT2D eigenvalue weighted by molar-refractivity contribution is 7.89. The summed E-state index contributed by atoms with van der Waals surface area (Å²) in [6, 6.07) is 14.1. The van der Waals surface area contributed by atoms with Crippen LogP contribution in [0.1, 0.15) is 6.42 Å². The lowest BCUT2D eigenvalue weighted by Gasteiger charge is -2.06. The number of rotatable bonds is 7. The van der Waals surface area contributed by atoms with E-state index in [0.29, 0.717) is 16.4 Å². The molecule has 0 atom stereocenters. The molecule has 3 rings (SSSR count). The maximum Gasteiger partial charge on any atom is 0.240 e. The molecule has 6 nitrogen and oxygen atoms in total. The van der Waals surface area contributed by atoms with E-state index in [1.807, 2.05) is 0 Å². The van der Waals surface area contributed by atoms with E-state index < -0.39 is 15.8 Å². The van der Waals surface area contributed by atoms with Crippen molar-refractivity contribution < 1.29 is 17.6 Å². The van der Waals surface area contributed by atoms with Gasteiger partial charge in [-0.05, 0) is 24.3 Å². The van der Waals surface area contributed by atoms with Crippen molar-refractivity contribution in [3.05, 3.63) is 65.8 Å². The van der Waals surface area contributed by atoms with Crippen molar-refractivity contribution in [1.29, 1.82) is 0 Å². The van der Waals surface area contributed by atoms with Crippen molar-refractivity contribution >= 4 is 32.4 Å². The van der Waals surface area contributed by atoms with Gasteiger partial charge >= 0.3 is 0 Å². The van der Waals surface area contributed by atoms with Crippen molar-refractivity contribution in [3.63, 3.8) is 0 Å². The lowest BCUT2D eigenvalue weighted by molar-refractivity contribution is -0.116. The molecule has 0 unspecified atom stereocenters. The molecule has 140 valence electrons. The highest BCUT2D eigenvalue weighted by Gasteiger charge is 2.14. The van der Waals surface area contributed by atoms with E-state index in [-0.39, 0.29) is 23.8 Å². The number of carbonyl (C=O) groups is 1. The standard InChI is InChI=1S/C18H16FN3O3S2/c19-15-9-5-4-8-14(15)16-12-26-18(21-16)22-17(23)10-11-20-27(24,25)13-6-2-1-3-7-13/h1-9,12,20H,10-11H2,(H,21,22,23). The molecule has 0 aliphatic carbocycles. The first kappa shape index (κ1) is 19.2. The van der Waals surface area contributed by atoms with E-state index >= 15 is 0 Å². The van der Waals surface area contributed by atoms with Gasteiger partial charge in [-0.25, -0.2) is 22.5 Å². The molecule has 3 aromatic rings. The molecule has 2 N–H and O–H groups in total. The zero-order valence-corrected chi connectivity index (χ0v) is 15.7. The van der Waals surface area contributed by atoms with Crippen LogP contribution in [0.3, 0.4) is 0 Å². The Morgan fingerprint density at radius 2 is 1.78 bits per heavy atom. The maximum atomic E-state index is 13.8. The molecule has 0 bridgehead atoms. The van der Waals surface area contributed by atoms with E-state index in [2.05, 4.69) is 15.0 Å². The van der Waals surface area contributed by atoms with Gasteiger partial charge < -0.3 is 5.32 Å². The molecule has 2 aromatic carbocycles. The normalized spacial score (nSPS) is 11.3. The Labute approximate surface area is 160 Å². The largest absolute Gasteiger partial charge is 0.302 e. The number of sulfonamides is 1. The summed E-state index contributed by atoms with van der Waals surface area (Å²) in [6.07, 6.45) is -0.0549. The van der Waals surface area contributed by atoms with Gasteiger partial charge in [-0.15, -0.1) is 11.3 Å². The lowest BCUT2D eigenvalue weighted by atomic mass is 10.2. The zero-order valence-electron chi connectivity index (χ0n) is 14.1. The number of amides is 1. The van der Waals surface area contributed by atoms with Crippen LogP contribution in [-0.4, -0.2) is 25.9 Å². The minimum atomic E-state index is -3.65. The second kappa shape index (κ2) is 8.38. The SMILES string of the molecule is O=C(CCNS(=O)(=O)c1ccccc1)Nc1nc(-c2ccccc2F)cs1. The minimum absolute atomic E-state index is 0.0470. The number of carbonyl (C=O) groups excluding carboxylic acids is 1. The molecule has 1 aromatic heterocycles. The average Bonchev–Trinajstić information content (AvgIpc) is 3.11. The van der Waals surface area contributed by atoms with E-state index in [9.17, 15) is 17.6 Å². The molecule has 9 heteroatoms. The molecule has 0 saturated carbocycles. The number of thiazole rings is 1. The Morgan fingerprint density at radius 1 is 1.07 bits per heavy atom. The lowest BCUT2D eigenvalue weighted by Crippen LogP contribution is -2.27. The molecule has 1 amide bonds. The van der Waals surface area contributed by atoms with Gasteiger partial charge in [0.25, 0.3) is 0 Å². The third-order valence-corrected chi connectivity index (χ3v) is 5.83. The first-order valence-electron chi connectivity index (χ1n) is 8.01. The highest BCUT2D eigenvalue weighted by Crippen LogP contribution is 2.26. The predicted molar refractivity (Wildman–Crippen MR) is 102 cm³/mol. The number of nitrogens with zero attached hydrogens (tertiary/aromatic N) is 1. The molecule has 0 aliphatic heterocycles. The van der Waals surface area contributed by atoms with Crippen LogP contribution < -0.4 is 10.0 Å². The summed E-state index contributed by atoms with van der Waals surface area (Å²) >= 11 is 1.17. The Morgan fingerprint density at radius 3 is 2.52 bits per heavy atom. The average molecular weight is 405 g/mol. The van der Waals surface area contributed by atoms with Crippen molar-refractivity contribution in [2.24, 2.45) is 0 Å². The fraction of sp³-hybridized carbons (Fsp3) is 0.111. The number of hydrogen-bond donors (Lipinski definition) is 2. The molecular formula is C18H16FN3O3S2. The molecule has 0 radical (unpaired) electrons. The predicted octanol–water partition coefficient (Wildman–Crippen LogP) is 3.26. The molecular weight excluding hydrogens is 389 g/mol. The second-order valence-electron chi connectivity index (χ2n) is 5.53. The van der Waals surface area contributed by atoms with Crippen LogP contribution in [0, 0.1) is 5.82 Å². The highest BCUT2D eigenvalue weighted by atomic mass is 32.2. The summed E-state index contributed by atoms with van der Waals surface area (Å²) < 4.78 is 40.3. The number of nitrogens with one attached hydrogen (secondary N) is 2. The van der Waals surface area contributed by atoms with Gasteiger partial charge in [0.05, 0.1) is 10.6 Å². The number of aromatic nitrogens is 1. The number of anilines is 1. The molecule has 0 spiro atoms. The maximum absolute atomic E-state index is 13.8. The first-order chi connectivity index (χ1) is 13.0. The van der Waals surface area contributed by atoms with Crippen molar-refractivity contribution in [2.75, 3.05) is 11.9 Å². The van der Waals surface area contributed by atoms with Crippen molar-refractivity contribution in [2.45, 2.75) is 11.3 Å². The van der Waals surface area contributed by atoms with Crippen LogP contribution in [0.15, 0.2) is 64.9 Å². The van der Waals surface area contributed by atoms with Crippen LogP contribution >= 0.6 is 11.3 Å². The van der Waals surface area contributed by atoms with E-state index in [4.69, 9.17) is 0 Å². The minimum Gasteiger partial charge on any atom is -0.302 e. The van der Waals surface area contributed by atoms with Gasteiger partial charge in [-0.3, -0.25) is 4.79 Å². The van der Waals surface area contributed by atoms with Gasteiger partial charge in [-0.1, -0.05) is 30.3 Å². The van der Waals surface area contributed by atoms with E-state index in [1.54, 1.807) is 41.8 Å². The molecule has 0 saturated heterocycles. The first-order valence-corrected chi connectivity index (χ1v) is 10.4. The molecule has 27 heavy (non-hydrogen) atoms. The van der Waals surface area contributed by atoms with Crippen LogP contribution in [-0.2, 0) is 14.8 Å². The van der Waals surface area contributed by atoms with Crippen LogP contribution in [0.25, 0.3) is 11.3 Å². The van der Waals surface area contributed by atoms with Gasteiger partial charge in [0.15, 0.2) is 5.13 Å². The summed E-state index contributed by atoms with van der Waals surface area (Å²) in [5.41, 5.74) is 0.781. The Kier molecular flexibility index (Phi) is 5.94. The number of hydrogen-bond acceptors (Lipinski definition) is 5. The monoisotopic (exact) mass is 405 g/mol. The van der Waals surface area contributed by atoms with Gasteiger partial charge in [0, 0.05) is 23.9 Å². The smallest absolute Gasteiger partial charge is 0.240 e. The van der Waals surface area contributed by atoms with E-state index in [0.717, 1.165) is 0 Å². The quantitative estimate of drug-likeness (QED) is 0.632. The Balaban J connectivity index is 1.54. The van der Waals surface area contributed by atoms with Crippen LogP contribution in [0.2, 0.25) is 0 Å². The summed E-state index contributed by atoms with van der Waals surface area (Å²) in [4.78, 5) is 16.3. The molecule has 0 fully saturated rings. The Hall–Kier alpha value is -2.62. The van der Waals surface area contributed by atoms with E-state index in [1.165, 1.54) is 29.5 Å². The van der Waals surface area contributed by atoms with Gasteiger partial charge in [0.2, 0.25) is 15.9 Å². The van der Waals surface area contributed by atoms with Gasteiger partial charge in [-0.2, -0.15) is 0 Å². The van der Waals surface area contributed by atoms with Crippen molar-refractivity contribution in [3.8, 4) is 11.3 Å². The molecule has 1 heterocycles. The summed E-state index contributed by atoms with van der Waals surface area (Å²) in [7, 11) is -3.65. The summed E-state index contributed by atoms with van der Waals surface area (Å²) in [5, 5.41) is 4.56. The van der Waals surface area contributed by atoms with Crippen LogP contribution in [0.4, 0.5) is 9.52 Å². The Bertz CT molecular complexity index is 1040. The number of benzene rings is 2. The van der Waals surface area contributed by atoms with Crippen molar-refractivity contribution in [1.82, 2.24) is 9.71 Å². The summed E-state index contributed by atoms with van der Waals surface area (Å²) in [6.45, 7) is -0.0470. The second-order valence-corrected chi connectivity index (χ2v) is 8.15. The fourth-order valence-electron chi connectivity index (χ4n) is 2.29. The topological polar surface area (TPSA) is 88.2 Å².